The smallest absolute Gasteiger partial charge is 0.221 e. The van der Waals surface area contributed by atoms with Gasteiger partial charge in [-0.1, -0.05) is 45.0 Å². The Hall–Kier alpha value is -1.06. The molecule has 0 radical (unpaired) electrons. The minimum absolute atomic E-state index is 0. The summed E-state index contributed by atoms with van der Waals surface area (Å²) in [7, 11) is 1.85. The van der Waals surface area contributed by atoms with E-state index >= 15 is 0 Å². The first-order valence-corrected chi connectivity index (χ1v) is 6.89. The normalized spacial score (nSPS) is 12.4. The predicted octanol–water partition coefficient (Wildman–Crippen LogP) is 3.19. The van der Waals surface area contributed by atoms with Gasteiger partial charge in [-0.15, -0.1) is 12.4 Å². The molecule has 0 saturated carbocycles. The molecular weight excluding hydrogens is 272 g/mol. The third-order valence-corrected chi connectivity index (χ3v) is 3.26. The summed E-state index contributed by atoms with van der Waals surface area (Å²) < 4.78 is 0. The molecule has 0 heterocycles. The van der Waals surface area contributed by atoms with Crippen molar-refractivity contribution in [2.24, 2.45) is 0 Å². The first-order chi connectivity index (χ1) is 8.84. The second-order valence-electron chi connectivity index (χ2n) is 6.01. The van der Waals surface area contributed by atoms with E-state index in [0.717, 1.165) is 5.56 Å². The summed E-state index contributed by atoms with van der Waals surface area (Å²) in [5, 5.41) is 5.99. The van der Waals surface area contributed by atoms with Gasteiger partial charge in [0.2, 0.25) is 5.91 Å². The van der Waals surface area contributed by atoms with E-state index in [1.807, 2.05) is 14.0 Å². The quantitative estimate of drug-likeness (QED) is 0.876. The molecule has 0 aromatic heterocycles. The van der Waals surface area contributed by atoms with Gasteiger partial charge in [-0.05, 0) is 30.5 Å². The molecule has 1 unspecified atom stereocenters. The summed E-state index contributed by atoms with van der Waals surface area (Å²) in [5.74, 6) is 0.0850. The van der Waals surface area contributed by atoms with Crippen molar-refractivity contribution >= 4 is 18.3 Å². The van der Waals surface area contributed by atoms with Gasteiger partial charge in [-0.2, -0.15) is 0 Å². The zero-order valence-corrected chi connectivity index (χ0v) is 13.9. The first-order valence-electron chi connectivity index (χ1n) is 6.89. The predicted molar refractivity (Wildman–Crippen MR) is 87.5 cm³/mol. The van der Waals surface area contributed by atoms with Crippen LogP contribution in [0.15, 0.2) is 24.3 Å². The summed E-state index contributed by atoms with van der Waals surface area (Å²) in [6.45, 7) is 9.33. The monoisotopic (exact) mass is 298 g/mol. The van der Waals surface area contributed by atoms with Crippen molar-refractivity contribution in [1.29, 1.82) is 0 Å². The molecule has 1 aromatic rings. The number of nitrogens with one attached hydrogen (secondary N) is 2. The SMILES string of the molecule is CNCCC(=O)NC(C)c1ccc(C(C)(C)C)cc1.Cl. The second-order valence-corrected chi connectivity index (χ2v) is 6.01. The highest BCUT2D eigenvalue weighted by Gasteiger charge is 2.14. The van der Waals surface area contributed by atoms with Crippen LogP contribution in [0.5, 0.6) is 0 Å². The molecule has 4 heteroatoms. The second kappa shape index (κ2) is 8.28. The highest BCUT2D eigenvalue weighted by atomic mass is 35.5. The van der Waals surface area contributed by atoms with Crippen LogP contribution in [0.3, 0.4) is 0 Å². The van der Waals surface area contributed by atoms with E-state index in [9.17, 15) is 4.79 Å². The van der Waals surface area contributed by atoms with Crippen LogP contribution >= 0.6 is 12.4 Å². The van der Waals surface area contributed by atoms with Crippen molar-refractivity contribution in [3.63, 3.8) is 0 Å². The Morgan fingerprint density at radius 3 is 2.20 bits per heavy atom. The van der Waals surface area contributed by atoms with E-state index in [4.69, 9.17) is 0 Å². The summed E-state index contributed by atoms with van der Waals surface area (Å²) in [4.78, 5) is 11.7. The summed E-state index contributed by atoms with van der Waals surface area (Å²) in [6.07, 6.45) is 0.515. The molecule has 114 valence electrons. The maximum Gasteiger partial charge on any atom is 0.221 e. The van der Waals surface area contributed by atoms with Crippen LogP contribution in [-0.4, -0.2) is 19.5 Å². The van der Waals surface area contributed by atoms with E-state index < -0.39 is 0 Å². The summed E-state index contributed by atoms with van der Waals surface area (Å²) >= 11 is 0. The molecule has 0 bridgehead atoms. The third kappa shape index (κ3) is 5.93. The Balaban J connectivity index is 0.00000361. The van der Waals surface area contributed by atoms with Gasteiger partial charge in [0.1, 0.15) is 0 Å². The van der Waals surface area contributed by atoms with Gasteiger partial charge in [0.25, 0.3) is 0 Å². The molecule has 1 amide bonds. The molecule has 1 rings (SSSR count). The van der Waals surface area contributed by atoms with E-state index in [0.29, 0.717) is 13.0 Å². The molecule has 0 fully saturated rings. The van der Waals surface area contributed by atoms with Gasteiger partial charge in [0, 0.05) is 13.0 Å². The van der Waals surface area contributed by atoms with Crippen LogP contribution in [0.1, 0.15) is 51.3 Å². The highest BCUT2D eigenvalue weighted by molar-refractivity contribution is 5.85. The maximum absolute atomic E-state index is 11.7. The van der Waals surface area contributed by atoms with Crippen molar-refractivity contribution in [3.05, 3.63) is 35.4 Å². The fourth-order valence-electron chi connectivity index (χ4n) is 1.91. The van der Waals surface area contributed by atoms with E-state index in [-0.39, 0.29) is 29.8 Å². The number of carbonyl (C=O) groups is 1. The molecular formula is C16H27ClN2O. The average molecular weight is 299 g/mol. The number of rotatable bonds is 5. The lowest BCUT2D eigenvalue weighted by atomic mass is 9.86. The number of hydrogen-bond donors (Lipinski definition) is 2. The van der Waals surface area contributed by atoms with Crippen molar-refractivity contribution in [1.82, 2.24) is 10.6 Å². The molecule has 2 N–H and O–H groups in total. The molecule has 3 nitrogen and oxygen atoms in total. The zero-order valence-electron chi connectivity index (χ0n) is 13.1. The van der Waals surface area contributed by atoms with Crippen LogP contribution in [-0.2, 0) is 10.2 Å². The van der Waals surface area contributed by atoms with Crippen molar-refractivity contribution < 1.29 is 4.79 Å². The lowest BCUT2D eigenvalue weighted by molar-refractivity contribution is -0.121. The molecule has 0 spiro atoms. The Morgan fingerprint density at radius 2 is 1.75 bits per heavy atom. The molecule has 1 aromatic carbocycles. The minimum atomic E-state index is 0. The van der Waals surface area contributed by atoms with Gasteiger partial charge < -0.3 is 10.6 Å². The fourth-order valence-corrected chi connectivity index (χ4v) is 1.91. The number of benzene rings is 1. The Morgan fingerprint density at radius 1 is 1.20 bits per heavy atom. The van der Waals surface area contributed by atoms with Gasteiger partial charge in [-0.3, -0.25) is 4.79 Å². The molecule has 0 aliphatic heterocycles. The summed E-state index contributed by atoms with van der Waals surface area (Å²) in [6, 6.07) is 8.54. The molecule has 0 aliphatic rings. The van der Waals surface area contributed by atoms with Crippen LogP contribution < -0.4 is 10.6 Å². The van der Waals surface area contributed by atoms with Crippen molar-refractivity contribution in [2.45, 2.75) is 45.6 Å². The standard InChI is InChI=1S/C16H26N2O.ClH/c1-12(18-15(19)10-11-17-5)13-6-8-14(9-7-13)16(2,3)4;/h6-9,12,17H,10-11H2,1-5H3,(H,18,19);1H. The number of hydrogen-bond acceptors (Lipinski definition) is 2. The number of amides is 1. The maximum atomic E-state index is 11.7. The number of carbonyl (C=O) groups excluding carboxylic acids is 1. The Bertz CT molecular complexity index is 409. The third-order valence-electron chi connectivity index (χ3n) is 3.26. The van der Waals surface area contributed by atoms with E-state index in [1.165, 1.54) is 5.56 Å². The van der Waals surface area contributed by atoms with Gasteiger partial charge in [-0.25, -0.2) is 0 Å². The van der Waals surface area contributed by atoms with Gasteiger partial charge >= 0.3 is 0 Å². The van der Waals surface area contributed by atoms with Crippen molar-refractivity contribution in [3.8, 4) is 0 Å². The number of halogens is 1. The van der Waals surface area contributed by atoms with E-state index in [2.05, 4.69) is 55.7 Å². The largest absolute Gasteiger partial charge is 0.350 e. The van der Waals surface area contributed by atoms with Crippen molar-refractivity contribution in [2.75, 3.05) is 13.6 Å². The average Bonchev–Trinajstić information content (AvgIpc) is 2.35. The lowest BCUT2D eigenvalue weighted by Crippen LogP contribution is -2.29. The van der Waals surface area contributed by atoms with Crippen LogP contribution in [0, 0.1) is 0 Å². The molecule has 0 saturated heterocycles. The topological polar surface area (TPSA) is 41.1 Å². The highest BCUT2D eigenvalue weighted by Crippen LogP contribution is 2.23. The lowest BCUT2D eigenvalue weighted by Gasteiger charge is -2.20. The van der Waals surface area contributed by atoms with Crippen LogP contribution in [0.2, 0.25) is 0 Å². The van der Waals surface area contributed by atoms with Crippen LogP contribution in [0.4, 0.5) is 0 Å². The van der Waals surface area contributed by atoms with E-state index in [1.54, 1.807) is 0 Å². The minimum Gasteiger partial charge on any atom is -0.350 e. The Kier molecular flexibility index (Phi) is 7.84. The zero-order chi connectivity index (χ0) is 14.5. The van der Waals surface area contributed by atoms with Gasteiger partial charge in [0.15, 0.2) is 0 Å². The molecule has 20 heavy (non-hydrogen) atoms. The molecule has 0 aliphatic carbocycles. The summed E-state index contributed by atoms with van der Waals surface area (Å²) in [5.41, 5.74) is 2.62. The Labute approximate surface area is 128 Å². The molecule has 1 atom stereocenters. The fraction of sp³-hybridized carbons (Fsp3) is 0.562. The van der Waals surface area contributed by atoms with Gasteiger partial charge in [0.05, 0.1) is 6.04 Å². The first kappa shape index (κ1) is 18.9. The van der Waals surface area contributed by atoms with Crippen LogP contribution in [0.25, 0.3) is 0 Å².